The van der Waals surface area contributed by atoms with Crippen molar-refractivity contribution in [3.05, 3.63) is 105 Å². The van der Waals surface area contributed by atoms with E-state index in [4.69, 9.17) is 8.83 Å². The topological polar surface area (TPSA) is 63.7 Å². The predicted octanol–water partition coefficient (Wildman–Crippen LogP) is 23.1. The summed E-state index contributed by atoms with van der Waals surface area (Å²) >= 11 is 3.62. The molecule has 8 heteroatoms. The Kier molecular flexibility index (Phi) is 26.0. The molecule has 4 aromatic heterocycles. The van der Waals surface area contributed by atoms with Gasteiger partial charge in [0.1, 0.15) is 28.6 Å². The lowest BCUT2D eigenvalue weighted by Crippen LogP contribution is -2.52. The number of fused-ring (bicyclic) bond motifs is 5. The summed E-state index contributed by atoms with van der Waals surface area (Å²) in [5.74, 6) is 3.84. The zero-order chi connectivity index (χ0) is 62.0. The summed E-state index contributed by atoms with van der Waals surface area (Å²) in [4.78, 5) is 39.1. The SMILES string of the molecule is CCCCCCCCCCC(CCCCCCCC)CN1C(=O)C(c2ccc(C(C)(C)C)o2)=c2ccc3c4c(ccc3c21)=C(c1ccc(-c2ccc(-c3ccc(C(C)(C)C)s3)s2)o1)C(=O)[N+]4(C)CC(CCCCCCCC)CCCCCCCCCC. The van der Waals surface area contributed by atoms with Gasteiger partial charge in [0.05, 0.1) is 34.9 Å². The third kappa shape index (κ3) is 17.7. The van der Waals surface area contributed by atoms with Crippen LogP contribution in [0, 0.1) is 11.8 Å². The first-order chi connectivity index (χ1) is 42.0. The van der Waals surface area contributed by atoms with Crippen molar-refractivity contribution in [2.45, 2.75) is 286 Å². The van der Waals surface area contributed by atoms with Gasteiger partial charge in [0.25, 0.3) is 5.91 Å². The minimum absolute atomic E-state index is 0.0372. The molecule has 3 unspecified atom stereocenters. The van der Waals surface area contributed by atoms with Gasteiger partial charge in [-0.05, 0) is 97.7 Å². The van der Waals surface area contributed by atoms with Gasteiger partial charge in [-0.2, -0.15) is 0 Å². The Morgan fingerprint density at radius 2 is 0.885 bits per heavy atom. The van der Waals surface area contributed by atoms with E-state index in [9.17, 15) is 0 Å². The molecule has 0 saturated carbocycles. The highest BCUT2D eigenvalue weighted by atomic mass is 32.1. The molecular weight excluding hydrogens is 1110 g/mol. The smallest absolute Gasteiger partial charge is 0.355 e. The Morgan fingerprint density at radius 1 is 0.437 bits per heavy atom. The molecule has 0 fully saturated rings. The van der Waals surface area contributed by atoms with Gasteiger partial charge < -0.3 is 13.7 Å². The summed E-state index contributed by atoms with van der Waals surface area (Å²) in [6.07, 6.45) is 40.3. The summed E-state index contributed by atoms with van der Waals surface area (Å²) in [5.41, 5.74) is 3.25. The molecule has 8 rings (SSSR count). The lowest BCUT2D eigenvalue weighted by Gasteiger charge is -2.33. The number of unbranched alkanes of at least 4 members (excludes halogenated alkanes) is 24. The van der Waals surface area contributed by atoms with E-state index in [1.165, 1.54) is 194 Å². The summed E-state index contributed by atoms with van der Waals surface area (Å²) in [6.45, 7) is 24.0. The highest BCUT2D eigenvalue weighted by molar-refractivity contribution is 7.23. The van der Waals surface area contributed by atoms with E-state index in [0.29, 0.717) is 41.0 Å². The second-order valence-corrected chi connectivity index (χ2v) is 31.1. The van der Waals surface area contributed by atoms with Gasteiger partial charge in [0.2, 0.25) is 0 Å². The lowest BCUT2D eigenvalue weighted by atomic mass is 9.92. The first kappa shape index (κ1) is 68.4. The fourth-order valence-electron chi connectivity index (χ4n) is 14.2. The summed E-state index contributed by atoms with van der Waals surface area (Å²) < 4.78 is 13.9. The van der Waals surface area contributed by atoms with Crippen LogP contribution in [0.25, 0.3) is 42.3 Å². The van der Waals surface area contributed by atoms with E-state index in [-0.39, 0.29) is 27.1 Å². The van der Waals surface area contributed by atoms with Crippen molar-refractivity contribution in [3.8, 4) is 20.4 Å². The molecule has 3 atom stereocenters. The normalized spacial score (nSPS) is 16.1. The monoisotopic (exact) mass is 1220 g/mol. The molecule has 0 bridgehead atoms. The van der Waals surface area contributed by atoms with Crippen molar-refractivity contribution in [2.24, 2.45) is 11.8 Å². The standard InChI is InChI=1S/C79H115N2O4S2/c1-12-16-20-24-28-30-34-37-41-58(40-36-32-26-22-18-14-3)56-80-74-60-44-47-63-73(66-49-48-64(84-66)67-51-52-68(86-67)69-53-55-71(87-69)79(8,9)10)77(83)81(11,57-59(42-38-33-27-23-19-15-4)43-39-35-31-29-25-21-17-13-2)75(63)61(60)45-46-62(74)72(76(80)82)65-50-54-70(85-65)78(5,6)7/h44-55,58-59H,12-43,56-57H2,1-11H3/q+1. The Labute approximate surface area is 535 Å². The van der Waals surface area contributed by atoms with Crippen LogP contribution in [0.2, 0.25) is 0 Å². The van der Waals surface area contributed by atoms with Gasteiger partial charge in [-0.25, -0.2) is 9.28 Å². The van der Waals surface area contributed by atoms with Crippen LogP contribution in [0.15, 0.2) is 81.6 Å². The fraction of sp³-hybridized carbons (Fsp3) is 0.620. The number of quaternary nitrogens is 1. The number of carbonyl (C=O) groups excluding carboxylic acids is 2. The molecule has 6 nitrogen and oxygen atoms in total. The number of thiophene rings is 2. The van der Waals surface area contributed by atoms with E-state index in [0.717, 1.165) is 81.2 Å². The fourth-order valence-corrected chi connectivity index (χ4v) is 16.3. The molecule has 2 aromatic carbocycles. The van der Waals surface area contributed by atoms with Crippen LogP contribution in [-0.4, -0.2) is 32.0 Å². The van der Waals surface area contributed by atoms with Crippen LogP contribution in [0.5, 0.6) is 0 Å². The second kappa shape index (κ2) is 33.0. The van der Waals surface area contributed by atoms with Crippen molar-refractivity contribution in [3.63, 3.8) is 0 Å². The van der Waals surface area contributed by atoms with Crippen molar-refractivity contribution in [1.29, 1.82) is 0 Å². The van der Waals surface area contributed by atoms with Gasteiger partial charge in [0.15, 0.2) is 5.69 Å². The maximum absolute atomic E-state index is 16.2. The van der Waals surface area contributed by atoms with E-state index in [1.54, 1.807) is 11.3 Å². The molecule has 6 heterocycles. The Bertz CT molecular complexity index is 3240. The number of amides is 2. The molecule has 2 aliphatic heterocycles. The zero-order valence-corrected chi connectivity index (χ0v) is 58.1. The second-order valence-electron chi connectivity index (χ2n) is 28.9. The van der Waals surface area contributed by atoms with E-state index < -0.39 is 0 Å². The van der Waals surface area contributed by atoms with Gasteiger partial charge in [0, 0.05) is 48.5 Å². The average Bonchev–Trinajstić information content (AvgIpc) is 1.72. The van der Waals surface area contributed by atoms with Crippen LogP contribution >= 0.6 is 22.7 Å². The number of furan rings is 2. The molecule has 87 heavy (non-hydrogen) atoms. The summed E-state index contributed by atoms with van der Waals surface area (Å²) in [5, 5.41) is 4.00. The van der Waals surface area contributed by atoms with Crippen molar-refractivity contribution in [2.75, 3.05) is 25.0 Å². The van der Waals surface area contributed by atoms with Crippen LogP contribution in [-0.2, 0) is 20.4 Å². The number of rotatable bonds is 40. The molecule has 2 amide bonds. The Hall–Kier alpha value is -4.50. The molecule has 2 aliphatic rings. The van der Waals surface area contributed by atoms with Crippen LogP contribution in [0.4, 0.5) is 11.4 Å². The number of likely N-dealkylation sites (N-methyl/N-ethyl adjacent to an activating group) is 1. The molecule has 476 valence electrons. The Balaban J connectivity index is 1.23. The van der Waals surface area contributed by atoms with Gasteiger partial charge in [-0.3, -0.25) is 4.79 Å². The zero-order valence-electron chi connectivity index (χ0n) is 56.5. The number of hydrogen-bond acceptors (Lipinski definition) is 6. The van der Waals surface area contributed by atoms with Crippen molar-refractivity contribution in [1.82, 2.24) is 4.48 Å². The molecule has 0 aliphatic carbocycles. The highest BCUT2D eigenvalue weighted by Crippen LogP contribution is 2.45. The average molecular weight is 1220 g/mol. The van der Waals surface area contributed by atoms with E-state index >= 15 is 9.59 Å². The number of hydrogen-bond donors (Lipinski definition) is 0. The van der Waals surface area contributed by atoms with Gasteiger partial charge >= 0.3 is 5.91 Å². The van der Waals surface area contributed by atoms with Gasteiger partial charge in [-0.1, -0.05) is 261 Å². The third-order valence-corrected chi connectivity index (χ3v) is 22.2. The molecular formula is C79H115N2O4S2+. The first-order valence-corrected chi connectivity index (χ1v) is 37.1. The van der Waals surface area contributed by atoms with E-state index in [2.05, 4.69) is 148 Å². The molecule has 6 aromatic rings. The van der Waals surface area contributed by atoms with Crippen LogP contribution in [0.3, 0.4) is 0 Å². The van der Waals surface area contributed by atoms with Gasteiger partial charge in [-0.15, -0.1) is 22.7 Å². The summed E-state index contributed by atoms with van der Waals surface area (Å²) in [6, 6.07) is 26.1. The minimum atomic E-state index is -0.211. The third-order valence-electron chi connectivity index (χ3n) is 19.4. The maximum Gasteiger partial charge on any atom is 0.355 e. The van der Waals surface area contributed by atoms with Crippen LogP contribution < -0.4 is 19.8 Å². The van der Waals surface area contributed by atoms with E-state index in [1.807, 2.05) is 17.4 Å². The predicted molar refractivity (Wildman–Crippen MR) is 377 cm³/mol. The molecule has 0 N–H and O–H groups in total. The first-order valence-electron chi connectivity index (χ1n) is 35.5. The largest absolute Gasteiger partial charge is 0.460 e. The quantitative estimate of drug-likeness (QED) is 0.0284. The van der Waals surface area contributed by atoms with Crippen molar-refractivity contribution < 1.29 is 18.4 Å². The number of benzene rings is 2. The molecule has 0 spiro atoms. The van der Waals surface area contributed by atoms with Crippen molar-refractivity contribution >= 4 is 67.8 Å². The molecule has 0 radical (unpaired) electrons. The summed E-state index contributed by atoms with van der Waals surface area (Å²) in [7, 11) is 2.22. The Morgan fingerprint density at radius 3 is 1.40 bits per heavy atom. The number of anilines is 1. The number of nitrogens with zero attached hydrogens (tertiary/aromatic N) is 2. The van der Waals surface area contributed by atoms with Crippen LogP contribution in [0.1, 0.15) is 297 Å². The maximum atomic E-state index is 16.2. The number of carbonyl (C=O) groups is 2. The lowest BCUT2D eigenvalue weighted by molar-refractivity contribution is -0.123. The minimum Gasteiger partial charge on any atom is -0.460 e. The highest BCUT2D eigenvalue weighted by Gasteiger charge is 2.49. The molecule has 0 saturated heterocycles.